The van der Waals surface area contributed by atoms with Gasteiger partial charge in [-0.15, -0.1) is 11.3 Å². The molecule has 152 valence electrons. The molecule has 0 saturated heterocycles. The van der Waals surface area contributed by atoms with E-state index in [1.807, 2.05) is 0 Å². The average Bonchev–Trinajstić information content (AvgIpc) is 3.34. The standard InChI is InChI=1S/C18H18N4O5S2/c1-12-10-15(20-27-12)19-16(23)11-22(2)18(24)13-5-7-14(8-6-13)21-29(25,26)17-4-3-9-28-17/h3-10,21H,11H2,1-2H3,(H,19,20,23). The maximum Gasteiger partial charge on any atom is 0.271 e. The Morgan fingerprint density at radius 2 is 1.93 bits per heavy atom. The van der Waals surface area contributed by atoms with Crippen molar-refractivity contribution >= 4 is 44.7 Å². The lowest BCUT2D eigenvalue weighted by molar-refractivity contribution is -0.116. The number of sulfonamides is 1. The summed E-state index contributed by atoms with van der Waals surface area (Å²) in [4.78, 5) is 25.8. The van der Waals surface area contributed by atoms with Gasteiger partial charge in [-0.2, -0.15) is 0 Å². The zero-order valence-electron chi connectivity index (χ0n) is 15.6. The van der Waals surface area contributed by atoms with Crippen LogP contribution in [-0.2, 0) is 14.8 Å². The third-order valence-electron chi connectivity index (χ3n) is 3.77. The van der Waals surface area contributed by atoms with E-state index >= 15 is 0 Å². The van der Waals surface area contributed by atoms with Crippen molar-refractivity contribution in [3.8, 4) is 0 Å². The van der Waals surface area contributed by atoms with E-state index in [-0.39, 0.29) is 22.5 Å². The molecule has 29 heavy (non-hydrogen) atoms. The fourth-order valence-electron chi connectivity index (χ4n) is 2.42. The number of aryl methyl sites for hydroxylation is 1. The van der Waals surface area contributed by atoms with Gasteiger partial charge in [0.1, 0.15) is 9.97 Å². The van der Waals surface area contributed by atoms with E-state index < -0.39 is 15.9 Å². The van der Waals surface area contributed by atoms with E-state index in [0.717, 1.165) is 11.3 Å². The van der Waals surface area contributed by atoms with Crippen LogP contribution >= 0.6 is 11.3 Å². The second-order valence-corrected chi connectivity index (χ2v) is 9.00. The second-order valence-electron chi connectivity index (χ2n) is 6.15. The molecule has 0 radical (unpaired) electrons. The van der Waals surface area contributed by atoms with Crippen molar-refractivity contribution in [3.05, 3.63) is 59.2 Å². The number of carbonyl (C=O) groups excluding carboxylic acids is 2. The van der Waals surface area contributed by atoms with Crippen LogP contribution in [0.3, 0.4) is 0 Å². The molecule has 0 aliphatic heterocycles. The number of amides is 2. The number of nitrogens with zero attached hydrogens (tertiary/aromatic N) is 2. The Kier molecular flexibility index (Phi) is 5.99. The Morgan fingerprint density at radius 1 is 1.21 bits per heavy atom. The summed E-state index contributed by atoms with van der Waals surface area (Å²) in [6.45, 7) is 1.51. The molecule has 0 bridgehead atoms. The summed E-state index contributed by atoms with van der Waals surface area (Å²) in [5, 5.41) is 7.87. The van der Waals surface area contributed by atoms with Crippen LogP contribution in [0.2, 0.25) is 0 Å². The van der Waals surface area contributed by atoms with Gasteiger partial charge in [-0.1, -0.05) is 11.2 Å². The van der Waals surface area contributed by atoms with E-state index in [9.17, 15) is 18.0 Å². The van der Waals surface area contributed by atoms with Crippen LogP contribution in [0.5, 0.6) is 0 Å². The van der Waals surface area contributed by atoms with Gasteiger partial charge in [-0.05, 0) is 42.6 Å². The predicted octanol–water partition coefficient (Wildman–Crippen LogP) is 2.56. The molecule has 0 fully saturated rings. The zero-order chi connectivity index (χ0) is 21.0. The zero-order valence-corrected chi connectivity index (χ0v) is 17.2. The van der Waals surface area contributed by atoms with Crippen LogP contribution in [0.25, 0.3) is 0 Å². The number of carbonyl (C=O) groups is 2. The highest BCUT2D eigenvalue weighted by molar-refractivity contribution is 7.94. The normalized spacial score (nSPS) is 11.1. The lowest BCUT2D eigenvalue weighted by Crippen LogP contribution is -2.35. The van der Waals surface area contributed by atoms with E-state index in [1.165, 1.54) is 42.3 Å². The Labute approximate surface area is 171 Å². The minimum absolute atomic E-state index is 0.183. The average molecular weight is 434 g/mol. The summed E-state index contributed by atoms with van der Waals surface area (Å²) in [5.74, 6) is 0.0221. The smallest absolute Gasteiger partial charge is 0.271 e. The summed E-state index contributed by atoms with van der Waals surface area (Å²) < 4.78 is 32.0. The molecule has 2 heterocycles. The van der Waals surface area contributed by atoms with Crippen LogP contribution in [0.4, 0.5) is 11.5 Å². The summed E-state index contributed by atoms with van der Waals surface area (Å²) in [6.07, 6.45) is 0. The van der Waals surface area contributed by atoms with Gasteiger partial charge < -0.3 is 14.7 Å². The molecule has 0 atom stereocenters. The van der Waals surface area contributed by atoms with Crippen LogP contribution in [0.1, 0.15) is 16.1 Å². The third kappa shape index (κ3) is 5.21. The molecule has 0 aliphatic rings. The van der Waals surface area contributed by atoms with Crippen molar-refractivity contribution in [2.24, 2.45) is 0 Å². The van der Waals surface area contributed by atoms with Crippen molar-refractivity contribution in [1.29, 1.82) is 0 Å². The topological polar surface area (TPSA) is 122 Å². The first-order valence-electron chi connectivity index (χ1n) is 8.39. The van der Waals surface area contributed by atoms with Gasteiger partial charge in [0.25, 0.3) is 15.9 Å². The molecular formula is C18H18N4O5S2. The highest BCUT2D eigenvalue weighted by Gasteiger charge is 2.18. The summed E-state index contributed by atoms with van der Waals surface area (Å²) in [6, 6.07) is 10.7. The maximum absolute atomic E-state index is 12.5. The highest BCUT2D eigenvalue weighted by atomic mass is 32.2. The number of rotatable bonds is 7. The number of anilines is 2. The lowest BCUT2D eigenvalue weighted by Gasteiger charge is -2.16. The van der Waals surface area contributed by atoms with Gasteiger partial charge in [0, 0.05) is 24.4 Å². The molecule has 0 saturated carbocycles. The van der Waals surface area contributed by atoms with E-state index in [0.29, 0.717) is 17.0 Å². The number of hydrogen-bond acceptors (Lipinski definition) is 7. The Morgan fingerprint density at radius 3 is 2.52 bits per heavy atom. The fourth-order valence-corrected chi connectivity index (χ4v) is 4.47. The van der Waals surface area contributed by atoms with Crippen molar-refractivity contribution < 1.29 is 22.5 Å². The summed E-state index contributed by atoms with van der Waals surface area (Å²) >= 11 is 1.11. The van der Waals surface area contributed by atoms with Crippen LogP contribution < -0.4 is 10.0 Å². The van der Waals surface area contributed by atoms with E-state index in [1.54, 1.807) is 24.4 Å². The number of benzene rings is 1. The third-order valence-corrected chi connectivity index (χ3v) is 6.55. The molecule has 1 aromatic carbocycles. The number of thiophene rings is 1. The Balaban J connectivity index is 1.60. The predicted molar refractivity (Wildman–Crippen MR) is 108 cm³/mol. The number of aromatic nitrogens is 1. The molecule has 0 unspecified atom stereocenters. The largest absolute Gasteiger partial charge is 0.360 e. The molecular weight excluding hydrogens is 416 g/mol. The molecule has 2 N–H and O–H groups in total. The number of likely N-dealkylation sites (N-methyl/N-ethyl adjacent to an activating group) is 1. The van der Waals surface area contributed by atoms with Gasteiger partial charge >= 0.3 is 0 Å². The monoisotopic (exact) mass is 434 g/mol. The summed E-state index contributed by atoms with van der Waals surface area (Å²) in [5.41, 5.74) is 0.647. The maximum atomic E-state index is 12.5. The molecule has 0 spiro atoms. The molecule has 2 aromatic heterocycles. The van der Waals surface area contributed by atoms with E-state index in [2.05, 4.69) is 15.2 Å². The number of nitrogens with one attached hydrogen (secondary N) is 2. The fraction of sp³-hybridized carbons (Fsp3) is 0.167. The minimum Gasteiger partial charge on any atom is -0.360 e. The second kappa shape index (κ2) is 8.45. The highest BCUT2D eigenvalue weighted by Crippen LogP contribution is 2.20. The molecule has 3 aromatic rings. The lowest BCUT2D eigenvalue weighted by atomic mass is 10.2. The summed E-state index contributed by atoms with van der Waals surface area (Å²) in [7, 11) is -2.17. The van der Waals surface area contributed by atoms with Crippen LogP contribution in [-0.4, -0.2) is 43.9 Å². The Hall–Kier alpha value is -3.18. The number of hydrogen-bond donors (Lipinski definition) is 2. The van der Waals surface area contributed by atoms with Crippen molar-refractivity contribution in [1.82, 2.24) is 10.1 Å². The molecule has 3 rings (SSSR count). The SMILES string of the molecule is Cc1cc(NC(=O)CN(C)C(=O)c2ccc(NS(=O)(=O)c3cccs3)cc2)no1. The first kappa shape index (κ1) is 20.6. The van der Waals surface area contributed by atoms with E-state index in [4.69, 9.17) is 4.52 Å². The van der Waals surface area contributed by atoms with Gasteiger partial charge in [0.15, 0.2) is 5.82 Å². The van der Waals surface area contributed by atoms with Gasteiger partial charge in [-0.25, -0.2) is 8.42 Å². The quantitative estimate of drug-likeness (QED) is 0.589. The minimum atomic E-state index is -3.66. The molecule has 2 amide bonds. The molecule has 11 heteroatoms. The first-order chi connectivity index (χ1) is 13.7. The van der Waals surface area contributed by atoms with Crippen molar-refractivity contribution in [2.75, 3.05) is 23.6 Å². The van der Waals surface area contributed by atoms with Crippen molar-refractivity contribution in [2.45, 2.75) is 11.1 Å². The molecule has 9 nitrogen and oxygen atoms in total. The first-order valence-corrected chi connectivity index (χ1v) is 10.8. The van der Waals surface area contributed by atoms with Gasteiger partial charge in [-0.3, -0.25) is 14.3 Å². The van der Waals surface area contributed by atoms with Gasteiger partial charge in [0.2, 0.25) is 5.91 Å². The van der Waals surface area contributed by atoms with Crippen LogP contribution in [0.15, 0.2) is 56.6 Å². The Bertz CT molecular complexity index is 1110. The molecule has 0 aliphatic carbocycles. The van der Waals surface area contributed by atoms with Gasteiger partial charge in [0.05, 0.1) is 6.54 Å². The van der Waals surface area contributed by atoms with Crippen molar-refractivity contribution in [3.63, 3.8) is 0 Å². The van der Waals surface area contributed by atoms with Crippen LogP contribution in [0, 0.1) is 6.92 Å².